The molecule has 0 saturated carbocycles. The lowest BCUT2D eigenvalue weighted by Gasteiger charge is -2.15. The SMILES string of the molecule is COc1c(CCCN(C)C)cc(Cl)cc1C(=O)Nc1nc2ccc(C(F)(F)F)cc2s1. The Morgan fingerprint density at radius 1 is 1.26 bits per heavy atom. The van der Waals surface area contributed by atoms with Crippen LogP contribution in [-0.2, 0) is 12.6 Å². The Kier molecular flexibility index (Phi) is 7.08. The standard InChI is InChI=1S/C21H21ClF3N3O2S/c1-28(2)8-4-5-12-9-14(22)11-15(18(12)30-3)19(29)27-20-26-16-7-6-13(21(23,24)25)10-17(16)31-20/h6-7,9-11H,4-5,8H2,1-3H3,(H,26,27,29). The molecule has 3 rings (SSSR count). The minimum absolute atomic E-state index is 0.190. The van der Waals surface area contributed by atoms with Gasteiger partial charge in [0.25, 0.3) is 5.91 Å². The van der Waals surface area contributed by atoms with E-state index in [2.05, 4.69) is 15.2 Å². The second kappa shape index (κ2) is 9.42. The van der Waals surface area contributed by atoms with Crippen molar-refractivity contribution in [2.24, 2.45) is 0 Å². The average molecular weight is 472 g/mol. The molecule has 1 aromatic heterocycles. The van der Waals surface area contributed by atoms with Crippen molar-refractivity contribution in [3.63, 3.8) is 0 Å². The normalized spacial score (nSPS) is 11.9. The van der Waals surface area contributed by atoms with E-state index < -0.39 is 17.6 Å². The topological polar surface area (TPSA) is 54.5 Å². The smallest absolute Gasteiger partial charge is 0.416 e. The number of anilines is 1. The Morgan fingerprint density at radius 3 is 2.65 bits per heavy atom. The average Bonchev–Trinajstić information content (AvgIpc) is 3.08. The highest BCUT2D eigenvalue weighted by molar-refractivity contribution is 7.22. The quantitative estimate of drug-likeness (QED) is 0.478. The predicted molar refractivity (Wildman–Crippen MR) is 117 cm³/mol. The number of hydrogen-bond acceptors (Lipinski definition) is 5. The molecule has 0 saturated heterocycles. The summed E-state index contributed by atoms with van der Waals surface area (Å²) in [6.07, 6.45) is -2.92. The molecule has 1 amide bonds. The molecular weight excluding hydrogens is 451 g/mol. The summed E-state index contributed by atoms with van der Waals surface area (Å²) in [5.74, 6) is -0.0792. The van der Waals surface area contributed by atoms with E-state index in [1.165, 1.54) is 19.2 Å². The Labute approximate surface area is 186 Å². The van der Waals surface area contributed by atoms with Gasteiger partial charge in [-0.05, 0) is 69.4 Å². The summed E-state index contributed by atoms with van der Waals surface area (Å²) >= 11 is 7.19. The first-order chi connectivity index (χ1) is 14.6. The van der Waals surface area contributed by atoms with E-state index in [1.807, 2.05) is 14.1 Å². The molecule has 0 aliphatic heterocycles. The van der Waals surface area contributed by atoms with Crippen molar-refractivity contribution in [3.05, 3.63) is 52.0 Å². The van der Waals surface area contributed by atoms with Gasteiger partial charge in [0.1, 0.15) is 5.75 Å². The molecule has 1 N–H and O–H groups in total. The first-order valence-corrected chi connectivity index (χ1v) is 10.6. The third kappa shape index (κ3) is 5.66. The molecule has 0 unspecified atom stereocenters. The third-order valence-corrected chi connectivity index (χ3v) is 5.72. The number of nitrogens with zero attached hydrogens (tertiary/aromatic N) is 2. The van der Waals surface area contributed by atoms with Gasteiger partial charge in [0.15, 0.2) is 5.13 Å². The summed E-state index contributed by atoms with van der Waals surface area (Å²) < 4.78 is 44.6. The summed E-state index contributed by atoms with van der Waals surface area (Å²) in [7, 11) is 5.43. The van der Waals surface area contributed by atoms with Crippen molar-refractivity contribution < 1.29 is 22.7 Å². The van der Waals surface area contributed by atoms with Crippen molar-refractivity contribution in [1.82, 2.24) is 9.88 Å². The molecule has 0 spiro atoms. The monoisotopic (exact) mass is 471 g/mol. The molecule has 0 bridgehead atoms. The fraction of sp³-hybridized carbons (Fsp3) is 0.333. The maximum absolute atomic E-state index is 12.9. The number of hydrogen-bond donors (Lipinski definition) is 1. The van der Waals surface area contributed by atoms with E-state index in [-0.39, 0.29) is 10.7 Å². The van der Waals surface area contributed by atoms with Crippen molar-refractivity contribution >= 4 is 44.2 Å². The van der Waals surface area contributed by atoms with Gasteiger partial charge in [-0.1, -0.05) is 22.9 Å². The summed E-state index contributed by atoms with van der Waals surface area (Å²) in [5, 5.41) is 3.23. The van der Waals surface area contributed by atoms with Crippen molar-refractivity contribution in [2.75, 3.05) is 33.1 Å². The number of aryl methyl sites for hydroxylation is 1. The Balaban J connectivity index is 1.86. The Hall–Kier alpha value is -2.36. The zero-order chi connectivity index (χ0) is 22.8. The number of rotatable bonds is 7. The van der Waals surface area contributed by atoms with Crippen LogP contribution in [0.15, 0.2) is 30.3 Å². The summed E-state index contributed by atoms with van der Waals surface area (Å²) in [4.78, 5) is 19.2. The van der Waals surface area contributed by atoms with Gasteiger partial charge in [-0.3, -0.25) is 10.1 Å². The van der Waals surface area contributed by atoms with Crippen LogP contribution in [0.5, 0.6) is 5.75 Å². The van der Waals surface area contributed by atoms with E-state index in [9.17, 15) is 18.0 Å². The van der Waals surface area contributed by atoms with Crippen LogP contribution in [0.2, 0.25) is 5.02 Å². The zero-order valence-electron chi connectivity index (χ0n) is 17.1. The van der Waals surface area contributed by atoms with Gasteiger partial charge in [0.05, 0.1) is 28.5 Å². The molecule has 3 aromatic rings. The fourth-order valence-electron chi connectivity index (χ4n) is 3.15. The zero-order valence-corrected chi connectivity index (χ0v) is 18.7. The van der Waals surface area contributed by atoms with Crippen molar-refractivity contribution in [2.45, 2.75) is 19.0 Å². The molecule has 0 aliphatic rings. The number of alkyl halides is 3. The fourth-order valence-corrected chi connectivity index (χ4v) is 4.29. The highest BCUT2D eigenvalue weighted by atomic mass is 35.5. The molecule has 2 aromatic carbocycles. The first-order valence-electron chi connectivity index (χ1n) is 9.38. The second-order valence-electron chi connectivity index (χ2n) is 7.21. The lowest BCUT2D eigenvalue weighted by Crippen LogP contribution is -2.15. The third-order valence-electron chi connectivity index (χ3n) is 4.57. The van der Waals surface area contributed by atoms with Gasteiger partial charge in [0.2, 0.25) is 0 Å². The van der Waals surface area contributed by atoms with Crippen LogP contribution in [0.3, 0.4) is 0 Å². The summed E-state index contributed by atoms with van der Waals surface area (Å²) in [6, 6.07) is 6.54. The second-order valence-corrected chi connectivity index (χ2v) is 8.67. The highest BCUT2D eigenvalue weighted by Crippen LogP contribution is 2.35. The predicted octanol–water partition coefficient (Wildman–Crippen LogP) is 5.72. The number of methoxy groups -OCH3 is 1. The molecule has 166 valence electrons. The molecule has 1 heterocycles. The minimum Gasteiger partial charge on any atom is -0.496 e. The highest BCUT2D eigenvalue weighted by Gasteiger charge is 2.31. The minimum atomic E-state index is -4.45. The number of nitrogens with one attached hydrogen (secondary N) is 1. The molecular formula is C21H21ClF3N3O2S. The van der Waals surface area contributed by atoms with Crippen molar-refractivity contribution in [1.29, 1.82) is 0 Å². The van der Waals surface area contributed by atoms with Crippen molar-refractivity contribution in [3.8, 4) is 5.75 Å². The summed E-state index contributed by atoms with van der Waals surface area (Å²) in [5.41, 5.74) is 0.655. The number of thiazole rings is 1. The van der Waals surface area contributed by atoms with Crippen LogP contribution in [0.25, 0.3) is 10.2 Å². The van der Waals surface area contributed by atoms with Crippen LogP contribution in [0.4, 0.5) is 18.3 Å². The Morgan fingerprint density at radius 2 is 2.00 bits per heavy atom. The number of amides is 1. The first kappa shape index (κ1) is 23.3. The lowest BCUT2D eigenvalue weighted by molar-refractivity contribution is -0.137. The Bertz CT molecular complexity index is 1100. The molecule has 0 fully saturated rings. The lowest BCUT2D eigenvalue weighted by atomic mass is 10.0. The number of carbonyl (C=O) groups excluding carboxylic acids is 1. The number of aromatic nitrogens is 1. The van der Waals surface area contributed by atoms with Crippen LogP contribution >= 0.6 is 22.9 Å². The maximum atomic E-state index is 12.9. The van der Waals surface area contributed by atoms with E-state index in [4.69, 9.17) is 16.3 Å². The van der Waals surface area contributed by atoms with Crippen LogP contribution in [0, 0.1) is 0 Å². The molecule has 5 nitrogen and oxygen atoms in total. The number of fused-ring (bicyclic) bond motifs is 1. The number of benzene rings is 2. The van der Waals surface area contributed by atoms with Gasteiger partial charge in [-0.2, -0.15) is 13.2 Å². The summed E-state index contributed by atoms with van der Waals surface area (Å²) in [6.45, 7) is 0.864. The van der Waals surface area contributed by atoms with Gasteiger partial charge in [-0.15, -0.1) is 0 Å². The van der Waals surface area contributed by atoms with E-state index >= 15 is 0 Å². The van der Waals surface area contributed by atoms with Gasteiger partial charge in [0, 0.05) is 5.02 Å². The van der Waals surface area contributed by atoms with E-state index in [1.54, 1.807) is 6.07 Å². The van der Waals surface area contributed by atoms with E-state index in [0.29, 0.717) is 27.4 Å². The number of ether oxygens (including phenoxy) is 1. The van der Waals surface area contributed by atoms with Gasteiger partial charge in [-0.25, -0.2) is 4.98 Å². The maximum Gasteiger partial charge on any atom is 0.416 e. The number of halogens is 4. The van der Waals surface area contributed by atoms with Crippen LogP contribution in [0.1, 0.15) is 27.9 Å². The van der Waals surface area contributed by atoms with Gasteiger partial charge >= 0.3 is 6.18 Å². The molecule has 0 aliphatic carbocycles. The van der Waals surface area contributed by atoms with E-state index in [0.717, 1.165) is 42.0 Å². The largest absolute Gasteiger partial charge is 0.496 e. The van der Waals surface area contributed by atoms with Gasteiger partial charge < -0.3 is 9.64 Å². The van der Waals surface area contributed by atoms with Crippen LogP contribution in [-0.4, -0.2) is 43.5 Å². The van der Waals surface area contributed by atoms with Crippen LogP contribution < -0.4 is 10.1 Å². The molecule has 31 heavy (non-hydrogen) atoms. The molecule has 0 atom stereocenters. The molecule has 0 radical (unpaired) electrons. The molecule has 10 heteroatoms. The number of carbonyl (C=O) groups is 1.